The molecule has 1 amide bonds. The molecule has 0 radical (unpaired) electrons. The van der Waals surface area contributed by atoms with E-state index >= 15 is 0 Å². The number of hydrogen-bond acceptors (Lipinski definition) is 3. The van der Waals surface area contributed by atoms with Gasteiger partial charge in [-0.3, -0.25) is 14.9 Å². The summed E-state index contributed by atoms with van der Waals surface area (Å²) in [5, 5.41) is 13.7. The first-order valence-corrected chi connectivity index (χ1v) is 5.20. The van der Waals surface area contributed by atoms with E-state index in [2.05, 4.69) is 5.32 Å². The Morgan fingerprint density at radius 1 is 1.50 bits per heavy atom. The average Bonchev–Trinajstić information content (AvgIpc) is 3.01. The molecular formula is C10H9ClN2O3. The number of nitrogens with one attached hydrogen (secondary N) is 1. The number of nitro benzene ring substituents is 1. The van der Waals surface area contributed by atoms with Crippen molar-refractivity contribution in [1.29, 1.82) is 0 Å². The van der Waals surface area contributed by atoms with Crippen LogP contribution in [0.25, 0.3) is 0 Å². The number of halogens is 1. The molecule has 0 atom stereocenters. The van der Waals surface area contributed by atoms with E-state index in [0.29, 0.717) is 0 Å². The summed E-state index contributed by atoms with van der Waals surface area (Å²) in [6.45, 7) is 0. The fourth-order valence-corrected chi connectivity index (χ4v) is 1.51. The molecule has 0 unspecified atom stereocenters. The molecule has 0 aromatic heterocycles. The number of rotatable bonds is 3. The van der Waals surface area contributed by atoms with Crippen LogP contribution in [0.4, 0.5) is 5.69 Å². The summed E-state index contributed by atoms with van der Waals surface area (Å²) in [4.78, 5) is 21.8. The van der Waals surface area contributed by atoms with Gasteiger partial charge in [-0.2, -0.15) is 0 Å². The highest BCUT2D eigenvalue weighted by Gasteiger charge is 2.27. The molecule has 0 aliphatic heterocycles. The summed E-state index contributed by atoms with van der Waals surface area (Å²) in [6.07, 6.45) is 1.88. The fraction of sp³-hybridized carbons (Fsp3) is 0.300. The van der Waals surface area contributed by atoms with Crippen LogP contribution in [-0.4, -0.2) is 16.9 Å². The summed E-state index contributed by atoms with van der Waals surface area (Å²) in [7, 11) is 0. The van der Waals surface area contributed by atoms with E-state index in [1.165, 1.54) is 18.2 Å². The molecule has 1 fully saturated rings. The predicted octanol–water partition coefficient (Wildman–Crippen LogP) is 2.14. The second kappa shape index (κ2) is 4.09. The topological polar surface area (TPSA) is 72.2 Å². The van der Waals surface area contributed by atoms with Gasteiger partial charge in [-0.1, -0.05) is 11.6 Å². The minimum Gasteiger partial charge on any atom is -0.349 e. The Morgan fingerprint density at radius 3 is 2.75 bits per heavy atom. The molecule has 1 aromatic rings. The largest absolute Gasteiger partial charge is 0.349 e. The van der Waals surface area contributed by atoms with Crippen molar-refractivity contribution >= 4 is 23.2 Å². The lowest BCUT2D eigenvalue weighted by molar-refractivity contribution is -0.385. The Morgan fingerprint density at radius 2 is 2.19 bits per heavy atom. The summed E-state index contributed by atoms with van der Waals surface area (Å²) >= 11 is 5.65. The Bertz CT molecular complexity index is 457. The van der Waals surface area contributed by atoms with Gasteiger partial charge >= 0.3 is 0 Å². The van der Waals surface area contributed by atoms with Gasteiger partial charge in [-0.25, -0.2) is 0 Å². The van der Waals surface area contributed by atoms with Crippen LogP contribution in [0.15, 0.2) is 18.2 Å². The van der Waals surface area contributed by atoms with Crippen LogP contribution in [0.2, 0.25) is 5.02 Å². The smallest absolute Gasteiger partial charge is 0.283 e. The second-order valence-corrected chi connectivity index (χ2v) is 4.10. The van der Waals surface area contributed by atoms with Crippen molar-refractivity contribution in [1.82, 2.24) is 5.32 Å². The molecule has 6 heteroatoms. The van der Waals surface area contributed by atoms with E-state index in [9.17, 15) is 14.9 Å². The number of hydrogen-bond donors (Lipinski definition) is 1. The summed E-state index contributed by atoms with van der Waals surface area (Å²) < 4.78 is 0. The van der Waals surface area contributed by atoms with Crippen LogP contribution in [-0.2, 0) is 0 Å². The number of benzene rings is 1. The number of nitro groups is 1. The summed E-state index contributed by atoms with van der Waals surface area (Å²) in [5.41, 5.74) is -0.202. The lowest BCUT2D eigenvalue weighted by atomic mass is 10.1. The van der Waals surface area contributed by atoms with Crippen molar-refractivity contribution in [3.63, 3.8) is 0 Å². The number of nitrogens with zero attached hydrogens (tertiary/aromatic N) is 1. The molecule has 2 rings (SSSR count). The third-order valence-electron chi connectivity index (χ3n) is 2.31. The number of carbonyl (C=O) groups is 1. The minimum absolute atomic E-state index is 0.0568. The predicted molar refractivity (Wildman–Crippen MR) is 58.6 cm³/mol. The Kier molecular flexibility index (Phi) is 2.78. The van der Waals surface area contributed by atoms with E-state index in [-0.39, 0.29) is 22.3 Å². The maximum atomic E-state index is 11.7. The second-order valence-electron chi connectivity index (χ2n) is 3.67. The number of carbonyl (C=O) groups excluding carboxylic acids is 1. The van der Waals surface area contributed by atoms with Gasteiger partial charge in [0.2, 0.25) is 0 Å². The van der Waals surface area contributed by atoms with Gasteiger partial charge in [-0.05, 0) is 25.0 Å². The first kappa shape index (κ1) is 10.9. The van der Waals surface area contributed by atoms with Gasteiger partial charge in [-0.15, -0.1) is 0 Å². The van der Waals surface area contributed by atoms with E-state index in [1.807, 2.05) is 0 Å². The van der Waals surface area contributed by atoms with Crippen LogP contribution in [0, 0.1) is 10.1 Å². The molecule has 1 N–H and O–H groups in total. The molecule has 16 heavy (non-hydrogen) atoms. The zero-order valence-corrected chi connectivity index (χ0v) is 9.03. The Hall–Kier alpha value is -1.62. The van der Waals surface area contributed by atoms with Crippen molar-refractivity contribution in [3.8, 4) is 0 Å². The SMILES string of the molecule is O=C(NC1CC1)c1ccc(Cl)cc1[N+](=O)[O-]. The minimum atomic E-state index is -0.603. The van der Waals surface area contributed by atoms with E-state index in [1.54, 1.807) is 0 Å². The monoisotopic (exact) mass is 240 g/mol. The van der Waals surface area contributed by atoms with Crippen molar-refractivity contribution < 1.29 is 9.72 Å². The molecule has 1 aliphatic rings. The van der Waals surface area contributed by atoms with Gasteiger partial charge in [0.15, 0.2) is 0 Å². The van der Waals surface area contributed by atoms with Crippen LogP contribution < -0.4 is 5.32 Å². The maximum Gasteiger partial charge on any atom is 0.283 e. The molecular weight excluding hydrogens is 232 g/mol. The first-order chi connectivity index (χ1) is 7.58. The van der Waals surface area contributed by atoms with Crippen molar-refractivity contribution in [2.24, 2.45) is 0 Å². The Balaban J connectivity index is 2.30. The molecule has 84 valence electrons. The van der Waals surface area contributed by atoms with Crippen molar-refractivity contribution in [2.75, 3.05) is 0 Å². The van der Waals surface area contributed by atoms with Gasteiger partial charge in [0.05, 0.1) is 4.92 Å². The molecule has 1 saturated carbocycles. The molecule has 1 aromatic carbocycles. The highest BCUT2D eigenvalue weighted by Crippen LogP contribution is 2.25. The van der Waals surface area contributed by atoms with E-state index in [4.69, 9.17) is 11.6 Å². The molecule has 0 heterocycles. The molecule has 1 aliphatic carbocycles. The highest BCUT2D eigenvalue weighted by atomic mass is 35.5. The average molecular weight is 241 g/mol. The number of amides is 1. The van der Waals surface area contributed by atoms with E-state index in [0.717, 1.165) is 12.8 Å². The van der Waals surface area contributed by atoms with Gasteiger partial charge in [0.1, 0.15) is 5.56 Å². The van der Waals surface area contributed by atoms with Crippen LogP contribution >= 0.6 is 11.6 Å². The normalized spacial score (nSPS) is 14.6. The van der Waals surface area contributed by atoms with Crippen LogP contribution in [0.3, 0.4) is 0 Å². The third kappa shape index (κ3) is 2.30. The van der Waals surface area contributed by atoms with E-state index < -0.39 is 10.8 Å². The van der Waals surface area contributed by atoms with Crippen molar-refractivity contribution in [2.45, 2.75) is 18.9 Å². The van der Waals surface area contributed by atoms with Gasteiger partial charge in [0, 0.05) is 17.1 Å². The summed E-state index contributed by atoms with van der Waals surface area (Å²) in [6, 6.07) is 4.19. The maximum absolute atomic E-state index is 11.7. The summed E-state index contributed by atoms with van der Waals surface area (Å²) in [5.74, 6) is -0.411. The molecule has 0 spiro atoms. The first-order valence-electron chi connectivity index (χ1n) is 4.83. The van der Waals surface area contributed by atoms with Crippen molar-refractivity contribution in [3.05, 3.63) is 38.9 Å². The highest BCUT2D eigenvalue weighted by molar-refractivity contribution is 6.31. The molecule has 5 nitrogen and oxygen atoms in total. The van der Waals surface area contributed by atoms with Crippen LogP contribution in [0.1, 0.15) is 23.2 Å². The lowest BCUT2D eigenvalue weighted by Gasteiger charge is -2.04. The van der Waals surface area contributed by atoms with Gasteiger partial charge < -0.3 is 5.32 Å². The molecule has 0 bridgehead atoms. The third-order valence-corrected chi connectivity index (χ3v) is 2.55. The standard InChI is InChI=1S/C10H9ClN2O3/c11-6-1-4-8(9(5-6)13(15)16)10(14)12-7-2-3-7/h1,4-5,7H,2-3H2,(H,12,14). The van der Waals surface area contributed by atoms with Gasteiger partial charge in [0.25, 0.3) is 11.6 Å². The quantitative estimate of drug-likeness (QED) is 0.650. The molecule has 0 saturated heterocycles. The Labute approximate surface area is 96.6 Å². The zero-order chi connectivity index (χ0) is 11.7. The fourth-order valence-electron chi connectivity index (χ4n) is 1.34. The van der Waals surface area contributed by atoms with Crippen LogP contribution in [0.5, 0.6) is 0 Å². The lowest BCUT2D eigenvalue weighted by Crippen LogP contribution is -2.26. The zero-order valence-electron chi connectivity index (χ0n) is 8.27.